The molecule has 0 aliphatic carbocycles. The Morgan fingerprint density at radius 3 is 2.56 bits per heavy atom. The number of nitrogens with two attached hydrogens (primary N) is 1. The van der Waals surface area contributed by atoms with Gasteiger partial charge in [0.25, 0.3) is 0 Å². The molecule has 0 aromatic carbocycles. The number of amides is 3. The topological polar surface area (TPSA) is 113 Å². The van der Waals surface area contributed by atoms with Crippen LogP contribution in [-0.4, -0.2) is 49.2 Å². The first-order valence-electron chi connectivity index (χ1n) is 5.68. The van der Waals surface area contributed by atoms with E-state index in [1.54, 1.807) is 6.92 Å². The third-order valence-electron chi connectivity index (χ3n) is 2.21. The maximum atomic E-state index is 11.6. The molecular formula is C10H20N4O3S. The minimum absolute atomic E-state index is 0.0318. The number of carbonyl (C=O) groups excluding carboxylic acids is 3. The number of nitrogens with one attached hydrogen (secondary N) is 3. The Balaban J connectivity index is 4.21. The van der Waals surface area contributed by atoms with Gasteiger partial charge >= 0.3 is 0 Å². The first kappa shape index (κ1) is 16.7. The molecule has 0 saturated heterocycles. The van der Waals surface area contributed by atoms with Crippen LogP contribution in [0.5, 0.6) is 0 Å². The van der Waals surface area contributed by atoms with E-state index < -0.39 is 18.0 Å². The quantitative estimate of drug-likeness (QED) is 0.247. The molecule has 0 saturated carbocycles. The molecule has 7 nitrogen and oxygen atoms in total. The lowest BCUT2D eigenvalue weighted by molar-refractivity contribution is -0.129. The number of thiol groups is 1. The van der Waals surface area contributed by atoms with Crippen molar-refractivity contribution in [2.75, 3.05) is 18.8 Å². The summed E-state index contributed by atoms with van der Waals surface area (Å²) in [7, 11) is 0. The molecular weight excluding hydrogens is 256 g/mol. The number of rotatable bonds is 9. The number of carbonyl (C=O) groups is 3. The number of hydrogen-bond donors (Lipinski definition) is 5. The van der Waals surface area contributed by atoms with Gasteiger partial charge < -0.3 is 21.7 Å². The van der Waals surface area contributed by atoms with E-state index in [-0.39, 0.29) is 12.5 Å². The molecule has 8 heteroatoms. The lowest BCUT2D eigenvalue weighted by atomic mass is 10.2. The van der Waals surface area contributed by atoms with Gasteiger partial charge in [0.2, 0.25) is 18.2 Å². The van der Waals surface area contributed by atoms with Crippen molar-refractivity contribution in [1.29, 1.82) is 0 Å². The van der Waals surface area contributed by atoms with Gasteiger partial charge in [0.05, 0.1) is 0 Å². The monoisotopic (exact) mass is 276 g/mol. The fraction of sp³-hybridized carbons (Fsp3) is 0.700. The Kier molecular flexibility index (Phi) is 9.03. The standard InChI is InChI=1S/C10H20N4O3S/c1-2-8(10(17)13-3-4-18)14-9(16)7(11)5-12-6-15/h6-8,18H,2-5,11H2,1H3,(H,12,15)(H,13,17)(H,14,16). The van der Waals surface area contributed by atoms with E-state index in [0.29, 0.717) is 25.1 Å². The second-order valence-corrected chi connectivity index (χ2v) is 4.06. The third-order valence-corrected chi connectivity index (χ3v) is 2.43. The highest BCUT2D eigenvalue weighted by atomic mass is 32.1. The van der Waals surface area contributed by atoms with Crippen molar-refractivity contribution in [3.63, 3.8) is 0 Å². The van der Waals surface area contributed by atoms with E-state index in [2.05, 4.69) is 28.6 Å². The Morgan fingerprint density at radius 2 is 2.06 bits per heavy atom. The van der Waals surface area contributed by atoms with Crippen LogP contribution in [0.4, 0.5) is 0 Å². The molecule has 18 heavy (non-hydrogen) atoms. The largest absolute Gasteiger partial charge is 0.357 e. The van der Waals surface area contributed by atoms with E-state index in [1.807, 2.05) is 0 Å². The van der Waals surface area contributed by atoms with E-state index in [0.717, 1.165) is 0 Å². The molecule has 0 heterocycles. The molecule has 0 rings (SSSR count). The molecule has 2 atom stereocenters. The van der Waals surface area contributed by atoms with Crippen LogP contribution >= 0.6 is 12.6 Å². The Morgan fingerprint density at radius 1 is 1.39 bits per heavy atom. The van der Waals surface area contributed by atoms with Crippen molar-refractivity contribution >= 4 is 30.9 Å². The van der Waals surface area contributed by atoms with Gasteiger partial charge in [-0.05, 0) is 6.42 Å². The molecule has 5 N–H and O–H groups in total. The molecule has 0 aliphatic rings. The molecule has 2 unspecified atom stereocenters. The molecule has 0 aromatic rings. The zero-order valence-electron chi connectivity index (χ0n) is 10.3. The van der Waals surface area contributed by atoms with Crippen molar-refractivity contribution in [3.05, 3.63) is 0 Å². The Bertz CT molecular complexity index is 288. The molecule has 0 aliphatic heterocycles. The highest BCUT2D eigenvalue weighted by Crippen LogP contribution is 1.92. The third kappa shape index (κ3) is 6.45. The molecule has 104 valence electrons. The summed E-state index contributed by atoms with van der Waals surface area (Å²) in [6.07, 6.45) is 0.918. The van der Waals surface area contributed by atoms with E-state index >= 15 is 0 Å². The van der Waals surface area contributed by atoms with Gasteiger partial charge in [0.1, 0.15) is 12.1 Å². The first-order chi connectivity index (χ1) is 8.56. The van der Waals surface area contributed by atoms with E-state index in [9.17, 15) is 14.4 Å². The Labute approximate surface area is 112 Å². The lowest BCUT2D eigenvalue weighted by Gasteiger charge is -2.19. The highest BCUT2D eigenvalue weighted by molar-refractivity contribution is 7.80. The summed E-state index contributed by atoms with van der Waals surface area (Å²) < 4.78 is 0. The molecule has 0 radical (unpaired) electrons. The summed E-state index contributed by atoms with van der Waals surface area (Å²) in [4.78, 5) is 33.3. The molecule has 0 spiro atoms. The molecule has 0 fully saturated rings. The van der Waals surface area contributed by atoms with Crippen molar-refractivity contribution < 1.29 is 14.4 Å². The van der Waals surface area contributed by atoms with Crippen LogP contribution in [0.1, 0.15) is 13.3 Å². The normalized spacial score (nSPS) is 13.3. The molecule has 0 bridgehead atoms. The SMILES string of the molecule is CCC(NC(=O)C(N)CNC=O)C(=O)NCCS. The van der Waals surface area contributed by atoms with Crippen molar-refractivity contribution in [1.82, 2.24) is 16.0 Å². The van der Waals surface area contributed by atoms with Crippen LogP contribution in [0.3, 0.4) is 0 Å². The summed E-state index contributed by atoms with van der Waals surface area (Å²) in [5, 5.41) is 7.46. The van der Waals surface area contributed by atoms with Gasteiger partial charge in [-0.1, -0.05) is 6.92 Å². The second kappa shape index (κ2) is 9.72. The summed E-state index contributed by atoms with van der Waals surface area (Å²) in [5.41, 5.74) is 5.53. The van der Waals surface area contributed by atoms with E-state index in [1.165, 1.54) is 0 Å². The van der Waals surface area contributed by atoms with Gasteiger partial charge in [0, 0.05) is 18.8 Å². The van der Waals surface area contributed by atoms with Crippen molar-refractivity contribution in [3.8, 4) is 0 Å². The summed E-state index contributed by atoms with van der Waals surface area (Å²) >= 11 is 3.97. The maximum absolute atomic E-state index is 11.6. The predicted molar refractivity (Wildman–Crippen MR) is 71.1 cm³/mol. The van der Waals surface area contributed by atoms with Gasteiger partial charge in [-0.2, -0.15) is 12.6 Å². The average Bonchev–Trinajstić information content (AvgIpc) is 2.38. The second-order valence-electron chi connectivity index (χ2n) is 3.62. The van der Waals surface area contributed by atoms with Crippen LogP contribution in [0.25, 0.3) is 0 Å². The van der Waals surface area contributed by atoms with Gasteiger partial charge in [-0.3, -0.25) is 14.4 Å². The maximum Gasteiger partial charge on any atom is 0.242 e. The zero-order chi connectivity index (χ0) is 14.0. The minimum atomic E-state index is -0.873. The highest BCUT2D eigenvalue weighted by Gasteiger charge is 2.21. The fourth-order valence-corrected chi connectivity index (χ4v) is 1.31. The van der Waals surface area contributed by atoms with Crippen LogP contribution in [0.2, 0.25) is 0 Å². The van der Waals surface area contributed by atoms with Crippen LogP contribution < -0.4 is 21.7 Å². The van der Waals surface area contributed by atoms with Crippen molar-refractivity contribution in [2.24, 2.45) is 5.73 Å². The minimum Gasteiger partial charge on any atom is -0.357 e. The fourth-order valence-electron chi connectivity index (χ4n) is 1.20. The van der Waals surface area contributed by atoms with Gasteiger partial charge in [-0.25, -0.2) is 0 Å². The smallest absolute Gasteiger partial charge is 0.242 e. The van der Waals surface area contributed by atoms with Crippen LogP contribution in [-0.2, 0) is 14.4 Å². The average molecular weight is 276 g/mol. The Hall–Kier alpha value is -1.28. The summed E-state index contributed by atoms with van der Waals surface area (Å²) in [6.45, 7) is 2.25. The van der Waals surface area contributed by atoms with Gasteiger partial charge in [0.15, 0.2) is 0 Å². The first-order valence-corrected chi connectivity index (χ1v) is 6.31. The van der Waals surface area contributed by atoms with Crippen molar-refractivity contribution in [2.45, 2.75) is 25.4 Å². The van der Waals surface area contributed by atoms with Crippen LogP contribution in [0, 0.1) is 0 Å². The lowest BCUT2D eigenvalue weighted by Crippen LogP contribution is -2.53. The zero-order valence-corrected chi connectivity index (χ0v) is 11.2. The predicted octanol–water partition coefficient (Wildman–Crippen LogP) is -2.00. The summed E-state index contributed by atoms with van der Waals surface area (Å²) in [6, 6.07) is -1.50. The summed E-state index contributed by atoms with van der Waals surface area (Å²) in [5.74, 6) is -0.216. The molecule has 0 aromatic heterocycles. The van der Waals surface area contributed by atoms with E-state index in [4.69, 9.17) is 5.73 Å². The molecule has 3 amide bonds. The van der Waals surface area contributed by atoms with Crippen LogP contribution in [0.15, 0.2) is 0 Å². The van der Waals surface area contributed by atoms with Gasteiger partial charge in [-0.15, -0.1) is 0 Å². The number of hydrogen-bond acceptors (Lipinski definition) is 5.